The lowest BCUT2D eigenvalue weighted by Gasteiger charge is -2.28. The summed E-state index contributed by atoms with van der Waals surface area (Å²) in [7, 11) is -4.31. The molecule has 1 amide bonds. The molecule has 4 heterocycles. The maximum atomic E-state index is 13.2. The van der Waals surface area contributed by atoms with Crippen LogP contribution in [0.15, 0.2) is 65.0 Å². The van der Waals surface area contributed by atoms with Gasteiger partial charge in [0.05, 0.1) is 35.1 Å². The van der Waals surface area contributed by atoms with Gasteiger partial charge in [0.2, 0.25) is 0 Å². The van der Waals surface area contributed by atoms with E-state index < -0.39 is 15.1 Å². The number of hydrogen-bond donors (Lipinski definition) is 2. The van der Waals surface area contributed by atoms with Crippen molar-refractivity contribution in [2.45, 2.75) is 4.21 Å². The lowest BCUT2D eigenvalue weighted by atomic mass is 10.1. The molecule has 36 heavy (non-hydrogen) atoms. The maximum absolute atomic E-state index is 13.2. The lowest BCUT2D eigenvalue weighted by molar-refractivity contribution is 0.122. The average Bonchev–Trinajstić information content (AvgIpc) is 3.57. The van der Waals surface area contributed by atoms with Gasteiger partial charge in [-0.15, -0.1) is 11.3 Å². The second-order valence-electron chi connectivity index (χ2n) is 8.17. The highest BCUT2D eigenvalue weighted by atomic mass is 32.2. The van der Waals surface area contributed by atoms with Crippen LogP contribution in [-0.4, -0.2) is 60.1 Å². The Morgan fingerprint density at radius 3 is 2.67 bits per heavy atom. The van der Waals surface area contributed by atoms with Crippen LogP contribution in [0.4, 0.5) is 16.3 Å². The van der Waals surface area contributed by atoms with Gasteiger partial charge in [0.25, 0.3) is 9.84 Å². The third kappa shape index (κ3) is 3.98. The van der Waals surface area contributed by atoms with E-state index in [4.69, 9.17) is 14.7 Å². The van der Waals surface area contributed by atoms with Gasteiger partial charge in [-0.25, -0.2) is 18.4 Å². The number of benzene rings is 2. The van der Waals surface area contributed by atoms with Gasteiger partial charge in [-0.1, -0.05) is 30.3 Å². The summed E-state index contributed by atoms with van der Waals surface area (Å²) in [5.74, 6) is 1.07. The molecule has 0 unspecified atom stereocenters. The van der Waals surface area contributed by atoms with E-state index in [1.165, 1.54) is 6.07 Å². The monoisotopic (exact) mass is 520 g/mol. The number of rotatable bonds is 4. The summed E-state index contributed by atoms with van der Waals surface area (Å²) in [4.78, 5) is 24.4. The molecule has 182 valence electrons. The van der Waals surface area contributed by atoms with E-state index in [9.17, 15) is 13.2 Å². The van der Waals surface area contributed by atoms with Crippen molar-refractivity contribution in [2.75, 3.05) is 36.5 Å². The molecule has 1 fully saturated rings. The second-order valence-corrected chi connectivity index (χ2v) is 11.3. The first-order chi connectivity index (χ1) is 17.5. The zero-order valence-corrected chi connectivity index (χ0v) is 20.5. The standard InChI is InChI=1S/C24H20N6O4S2/c31-24(26-15-5-2-1-3-6-15)36(32,33)20-13-19-21(35-20)23(30-9-11-34-12-10-30)28-22(27-19)16-7-4-8-18-17(16)14-25-29-18/h1-8,13-14H,9-12H2,(H,25,29)(H,26,31). The van der Waals surface area contributed by atoms with Crippen LogP contribution in [0.25, 0.3) is 32.5 Å². The normalized spacial score (nSPS) is 14.4. The fraction of sp³-hybridized carbons (Fsp3) is 0.167. The number of carbonyl (C=O) groups is 1. The number of nitrogens with zero attached hydrogens (tertiary/aromatic N) is 4. The highest BCUT2D eigenvalue weighted by Crippen LogP contribution is 2.38. The van der Waals surface area contributed by atoms with Crippen molar-refractivity contribution in [2.24, 2.45) is 0 Å². The number of aromatic amines is 1. The van der Waals surface area contributed by atoms with Crippen molar-refractivity contribution in [1.29, 1.82) is 0 Å². The summed E-state index contributed by atoms with van der Waals surface area (Å²) >= 11 is 0.998. The Balaban J connectivity index is 1.48. The van der Waals surface area contributed by atoms with E-state index in [1.807, 2.05) is 18.2 Å². The van der Waals surface area contributed by atoms with Crippen molar-refractivity contribution in [3.05, 3.63) is 60.8 Å². The lowest BCUT2D eigenvalue weighted by Crippen LogP contribution is -2.36. The molecule has 5 aromatic rings. The Morgan fingerprint density at radius 2 is 1.86 bits per heavy atom. The molecule has 0 radical (unpaired) electrons. The van der Waals surface area contributed by atoms with Crippen molar-refractivity contribution >= 4 is 59.0 Å². The van der Waals surface area contributed by atoms with Gasteiger partial charge in [-0.3, -0.25) is 9.89 Å². The summed E-state index contributed by atoms with van der Waals surface area (Å²) in [6.07, 6.45) is 1.71. The zero-order chi connectivity index (χ0) is 24.7. The number of hydrogen-bond acceptors (Lipinski definition) is 9. The van der Waals surface area contributed by atoms with Gasteiger partial charge in [-0.05, 0) is 24.3 Å². The molecule has 3 aromatic heterocycles. The summed E-state index contributed by atoms with van der Waals surface area (Å²) < 4.78 is 32.4. The number of ether oxygens (including phenoxy) is 1. The minimum atomic E-state index is -4.31. The Labute approximate surface area is 209 Å². The van der Waals surface area contributed by atoms with Crippen LogP contribution in [0, 0.1) is 0 Å². The Hall–Kier alpha value is -3.87. The van der Waals surface area contributed by atoms with Crippen molar-refractivity contribution < 1.29 is 17.9 Å². The molecule has 0 aliphatic carbocycles. The molecule has 0 spiro atoms. The summed E-state index contributed by atoms with van der Waals surface area (Å²) in [5, 5.41) is 9.30. The average molecular weight is 521 g/mol. The van der Waals surface area contributed by atoms with E-state index in [2.05, 4.69) is 20.4 Å². The second kappa shape index (κ2) is 8.97. The Kier molecular flexibility index (Phi) is 5.63. The zero-order valence-electron chi connectivity index (χ0n) is 18.8. The van der Waals surface area contributed by atoms with Crippen LogP contribution < -0.4 is 10.2 Å². The number of aromatic nitrogens is 4. The highest BCUT2D eigenvalue weighted by Gasteiger charge is 2.30. The molecule has 2 N–H and O–H groups in total. The van der Waals surface area contributed by atoms with Crippen LogP contribution in [0.5, 0.6) is 0 Å². The molecular weight excluding hydrogens is 500 g/mol. The van der Waals surface area contributed by atoms with Crippen molar-refractivity contribution in [1.82, 2.24) is 20.2 Å². The van der Waals surface area contributed by atoms with Crippen LogP contribution in [0.1, 0.15) is 0 Å². The van der Waals surface area contributed by atoms with Crippen LogP contribution in [0.2, 0.25) is 0 Å². The molecule has 1 aliphatic rings. The molecule has 10 nitrogen and oxygen atoms in total. The fourth-order valence-electron chi connectivity index (χ4n) is 4.10. The van der Waals surface area contributed by atoms with Crippen LogP contribution >= 0.6 is 11.3 Å². The van der Waals surface area contributed by atoms with Gasteiger partial charge >= 0.3 is 5.24 Å². The largest absolute Gasteiger partial charge is 0.378 e. The minimum Gasteiger partial charge on any atom is -0.378 e. The molecule has 1 aliphatic heterocycles. The first kappa shape index (κ1) is 22.6. The quantitative estimate of drug-likeness (QED) is 0.363. The van der Waals surface area contributed by atoms with Crippen molar-refractivity contribution in [3.63, 3.8) is 0 Å². The summed E-state index contributed by atoms with van der Waals surface area (Å²) in [5.41, 5.74) is 2.47. The summed E-state index contributed by atoms with van der Waals surface area (Å²) in [6, 6.07) is 15.6. The summed E-state index contributed by atoms with van der Waals surface area (Å²) in [6.45, 7) is 2.29. The van der Waals surface area contributed by atoms with E-state index in [0.29, 0.717) is 53.8 Å². The first-order valence-corrected chi connectivity index (χ1v) is 13.5. The van der Waals surface area contributed by atoms with Crippen LogP contribution in [0.3, 0.4) is 0 Å². The van der Waals surface area contributed by atoms with Gasteiger partial charge in [0.15, 0.2) is 11.6 Å². The first-order valence-electron chi connectivity index (χ1n) is 11.2. The van der Waals surface area contributed by atoms with Gasteiger partial charge in [0, 0.05) is 29.7 Å². The van der Waals surface area contributed by atoms with E-state index >= 15 is 0 Å². The molecule has 6 rings (SSSR count). The van der Waals surface area contributed by atoms with Crippen molar-refractivity contribution in [3.8, 4) is 11.4 Å². The smallest absolute Gasteiger partial charge is 0.346 e. The van der Waals surface area contributed by atoms with E-state index in [0.717, 1.165) is 27.8 Å². The third-order valence-electron chi connectivity index (χ3n) is 5.90. The number of anilines is 2. The number of nitrogens with one attached hydrogen (secondary N) is 2. The SMILES string of the molecule is O=C(Nc1ccccc1)S(=O)(=O)c1cc2nc(-c3cccc4[nH]ncc34)nc(N3CCOCC3)c2s1. The molecule has 0 bridgehead atoms. The van der Waals surface area contributed by atoms with E-state index in [1.54, 1.807) is 36.5 Å². The minimum absolute atomic E-state index is 0.0894. The van der Waals surface area contributed by atoms with Gasteiger partial charge in [0.1, 0.15) is 4.21 Å². The molecule has 1 saturated heterocycles. The molecule has 12 heteroatoms. The number of para-hydroxylation sites is 1. The Morgan fingerprint density at radius 1 is 1.06 bits per heavy atom. The predicted molar refractivity (Wildman–Crippen MR) is 138 cm³/mol. The topological polar surface area (TPSA) is 130 Å². The predicted octanol–water partition coefficient (Wildman–Crippen LogP) is 4.08. The van der Waals surface area contributed by atoms with E-state index in [-0.39, 0.29) is 4.21 Å². The number of carbonyl (C=O) groups excluding carboxylic acids is 1. The molecular formula is C24H20N6O4S2. The Bertz CT molecular complexity index is 1690. The highest BCUT2D eigenvalue weighted by molar-refractivity contribution is 8.08. The fourth-order valence-corrected chi connectivity index (χ4v) is 6.56. The number of H-pyrrole nitrogens is 1. The maximum Gasteiger partial charge on any atom is 0.346 e. The van der Waals surface area contributed by atoms with Gasteiger partial charge < -0.3 is 15.0 Å². The molecule has 0 saturated carbocycles. The number of sulfone groups is 1. The molecule has 0 atom stereocenters. The number of thiophene rings is 1. The van der Waals surface area contributed by atoms with Gasteiger partial charge in [-0.2, -0.15) is 5.10 Å². The number of morpholine rings is 1. The molecule has 2 aromatic carbocycles. The third-order valence-corrected chi connectivity index (χ3v) is 8.96. The van der Waals surface area contributed by atoms with Crippen LogP contribution in [-0.2, 0) is 14.6 Å². The number of fused-ring (bicyclic) bond motifs is 2. The number of amides is 1.